The summed E-state index contributed by atoms with van der Waals surface area (Å²) < 4.78 is 23.2. The lowest BCUT2D eigenvalue weighted by Crippen LogP contribution is -2.40. The molecule has 5 nitrogen and oxygen atoms in total. The first-order chi connectivity index (χ1) is 13.2. The van der Waals surface area contributed by atoms with Gasteiger partial charge in [0.25, 0.3) is 0 Å². The predicted molar refractivity (Wildman–Crippen MR) is 107 cm³/mol. The van der Waals surface area contributed by atoms with Crippen LogP contribution in [-0.4, -0.2) is 37.2 Å². The summed E-state index contributed by atoms with van der Waals surface area (Å²) >= 11 is 0. The second-order valence-electron chi connectivity index (χ2n) is 8.82. The number of fused-ring (bicyclic) bond motifs is 1. The van der Waals surface area contributed by atoms with Crippen molar-refractivity contribution < 1.29 is 23.7 Å². The van der Waals surface area contributed by atoms with E-state index in [1.54, 1.807) is 13.4 Å². The monoisotopic (exact) mass is 390 g/mol. The van der Waals surface area contributed by atoms with Crippen molar-refractivity contribution in [2.45, 2.75) is 83.9 Å². The largest absolute Gasteiger partial charge is 0.472 e. The number of hydrogen-bond acceptors (Lipinski definition) is 5. The van der Waals surface area contributed by atoms with E-state index in [4.69, 9.17) is 18.9 Å². The van der Waals surface area contributed by atoms with Crippen molar-refractivity contribution in [2.75, 3.05) is 7.11 Å². The zero-order valence-corrected chi connectivity index (χ0v) is 17.8. The highest BCUT2D eigenvalue weighted by molar-refractivity contribution is 5.66. The zero-order valence-electron chi connectivity index (χ0n) is 17.8. The van der Waals surface area contributed by atoms with Crippen molar-refractivity contribution in [3.05, 3.63) is 35.6 Å². The lowest BCUT2D eigenvalue weighted by molar-refractivity contribution is -0.150. The molecule has 0 aromatic heterocycles. The van der Waals surface area contributed by atoms with E-state index in [2.05, 4.69) is 33.4 Å². The molecular formula is C23H34O5. The van der Waals surface area contributed by atoms with Gasteiger partial charge in [0.1, 0.15) is 6.10 Å². The van der Waals surface area contributed by atoms with Crippen molar-refractivity contribution in [3.63, 3.8) is 0 Å². The maximum Gasteiger partial charge on any atom is 0.303 e. The van der Waals surface area contributed by atoms with Crippen LogP contribution in [0.4, 0.5) is 0 Å². The van der Waals surface area contributed by atoms with E-state index in [1.165, 1.54) is 12.5 Å². The Balaban J connectivity index is 1.91. The van der Waals surface area contributed by atoms with Gasteiger partial charge in [-0.15, -0.1) is 0 Å². The van der Waals surface area contributed by atoms with E-state index in [9.17, 15) is 4.79 Å². The average molecular weight is 391 g/mol. The highest BCUT2D eigenvalue weighted by atomic mass is 16.7. The smallest absolute Gasteiger partial charge is 0.303 e. The van der Waals surface area contributed by atoms with Gasteiger partial charge in [-0.25, -0.2) is 0 Å². The summed E-state index contributed by atoms with van der Waals surface area (Å²) in [6.45, 7) is 12.1. The molecule has 2 heterocycles. The quantitative estimate of drug-likeness (QED) is 0.387. The Bertz CT molecular complexity index is 674. The fraction of sp³-hybridized carbons (Fsp3) is 0.696. The standard InChI is InChI=1S/C23H34O5/c1-14-8-7-9-15(2)21-17(11-10-14)18(13-26-22(21)25-6)19(27-16(3)24)12-20-23(4,5)28-20/h8,13,17,19-22H,2,7,9-12H2,1,3-6H3/b14-8+/t17-,19?,20?,21+,22+/m1/s1. The summed E-state index contributed by atoms with van der Waals surface area (Å²) in [7, 11) is 1.67. The van der Waals surface area contributed by atoms with Crippen LogP contribution in [0.2, 0.25) is 0 Å². The van der Waals surface area contributed by atoms with E-state index < -0.39 is 0 Å². The Hall–Kier alpha value is -1.59. The van der Waals surface area contributed by atoms with E-state index in [-0.39, 0.29) is 41.9 Å². The third-order valence-electron chi connectivity index (χ3n) is 6.28. The topological polar surface area (TPSA) is 57.3 Å². The molecule has 3 rings (SSSR count). The van der Waals surface area contributed by atoms with Crippen LogP contribution in [0.15, 0.2) is 35.6 Å². The summed E-state index contributed by atoms with van der Waals surface area (Å²) in [4.78, 5) is 11.9. The Morgan fingerprint density at radius 2 is 2.11 bits per heavy atom. The Morgan fingerprint density at radius 3 is 2.71 bits per heavy atom. The van der Waals surface area contributed by atoms with Crippen LogP contribution in [0.25, 0.3) is 0 Å². The number of carbonyl (C=O) groups is 1. The van der Waals surface area contributed by atoms with Gasteiger partial charge in [0.15, 0.2) is 0 Å². The normalized spacial score (nSPS) is 35.0. The lowest BCUT2D eigenvalue weighted by Gasteiger charge is -2.40. The molecule has 156 valence electrons. The first kappa shape index (κ1) is 21.1. The summed E-state index contributed by atoms with van der Waals surface area (Å²) in [6.07, 6.45) is 7.93. The minimum Gasteiger partial charge on any atom is -0.472 e. The minimum absolute atomic E-state index is 0.0514. The molecule has 1 fully saturated rings. The molecule has 0 aromatic rings. The van der Waals surface area contributed by atoms with Gasteiger partial charge in [0.2, 0.25) is 6.29 Å². The second-order valence-corrected chi connectivity index (χ2v) is 8.82. The van der Waals surface area contributed by atoms with E-state index in [1.807, 2.05) is 0 Å². The van der Waals surface area contributed by atoms with Crippen molar-refractivity contribution in [2.24, 2.45) is 11.8 Å². The van der Waals surface area contributed by atoms with Gasteiger partial charge in [-0.1, -0.05) is 23.8 Å². The molecule has 0 spiro atoms. The Labute approximate surface area is 168 Å². The molecule has 0 N–H and O–H groups in total. The molecule has 5 atom stereocenters. The molecule has 0 aromatic carbocycles. The van der Waals surface area contributed by atoms with Gasteiger partial charge >= 0.3 is 5.97 Å². The van der Waals surface area contributed by atoms with Crippen molar-refractivity contribution in [3.8, 4) is 0 Å². The molecule has 1 aliphatic carbocycles. The molecule has 1 saturated heterocycles. The van der Waals surface area contributed by atoms with Crippen molar-refractivity contribution in [1.29, 1.82) is 0 Å². The fourth-order valence-electron chi connectivity index (χ4n) is 4.52. The van der Waals surface area contributed by atoms with Gasteiger partial charge in [-0.3, -0.25) is 4.79 Å². The number of hydrogen-bond donors (Lipinski definition) is 0. The summed E-state index contributed by atoms with van der Waals surface area (Å²) in [5, 5.41) is 0. The Morgan fingerprint density at radius 1 is 1.39 bits per heavy atom. The third kappa shape index (κ3) is 4.69. The summed E-state index contributed by atoms with van der Waals surface area (Å²) in [6, 6.07) is 0. The van der Waals surface area contributed by atoms with Crippen LogP contribution in [0.3, 0.4) is 0 Å². The molecular weight excluding hydrogens is 356 g/mol. The van der Waals surface area contributed by atoms with E-state index >= 15 is 0 Å². The van der Waals surface area contributed by atoms with Gasteiger partial charge < -0.3 is 18.9 Å². The molecule has 3 aliphatic rings. The number of carbonyl (C=O) groups excluding carboxylic acids is 1. The average Bonchev–Trinajstić information content (AvgIpc) is 3.21. The number of rotatable bonds is 5. The van der Waals surface area contributed by atoms with Crippen LogP contribution in [0.1, 0.15) is 59.8 Å². The number of methoxy groups -OCH3 is 1. The van der Waals surface area contributed by atoms with Gasteiger partial charge in [-0.05, 0) is 52.4 Å². The van der Waals surface area contributed by atoms with E-state index in [0.717, 1.165) is 36.8 Å². The molecule has 2 unspecified atom stereocenters. The van der Waals surface area contributed by atoms with E-state index in [0.29, 0.717) is 6.42 Å². The van der Waals surface area contributed by atoms with Crippen LogP contribution >= 0.6 is 0 Å². The third-order valence-corrected chi connectivity index (χ3v) is 6.28. The number of epoxide rings is 1. The van der Waals surface area contributed by atoms with Gasteiger partial charge in [-0.2, -0.15) is 0 Å². The second kappa shape index (κ2) is 8.42. The molecule has 2 aliphatic heterocycles. The van der Waals surface area contributed by atoms with Crippen molar-refractivity contribution in [1.82, 2.24) is 0 Å². The molecule has 28 heavy (non-hydrogen) atoms. The van der Waals surface area contributed by atoms with Gasteiger partial charge in [0, 0.05) is 31.9 Å². The number of ether oxygens (including phenoxy) is 4. The fourth-order valence-corrected chi connectivity index (χ4v) is 4.52. The van der Waals surface area contributed by atoms with Gasteiger partial charge in [0.05, 0.1) is 18.0 Å². The summed E-state index contributed by atoms with van der Waals surface area (Å²) in [5.74, 6) is -0.0675. The number of allylic oxidation sites excluding steroid dienone is 2. The molecule has 0 radical (unpaired) electrons. The van der Waals surface area contributed by atoms with Crippen LogP contribution in [0, 0.1) is 11.8 Å². The molecule has 0 saturated carbocycles. The summed E-state index contributed by atoms with van der Waals surface area (Å²) in [5.41, 5.74) is 3.39. The Kier molecular flexibility index (Phi) is 6.35. The SMILES string of the molecule is C=C1CC/C=C(\C)CC[C@@H]2C(C(CC3OC3(C)C)OC(C)=O)=CO[C@H](OC)[C@@H]12. The number of esters is 1. The maximum absolute atomic E-state index is 11.9. The molecule has 5 heteroatoms. The molecule has 0 bridgehead atoms. The maximum atomic E-state index is 11.9. The zero-order chi connectivity index (χ0) is 20.5. The van der Waals surface area contributed by atoms with Crippen molar-refractivity contribution >= 4 is 5.97 Å². The minimum atomic E-state index is -0.355. The predicted octanol–water partition coefficient (Wildman–Crippen LogP) is 4.68. The van der Waals surface area contributed by atoms with Crippen LogP contribution < -0.4 is 0 Å². The molecule has 0 amide bonds. The highest BCUT2D eigenvalue weighted by Gasteiger charge is 2.51. The van der Waals surface area contributed by atoms with Crippen LogP contribution in [0.5, 0.6) is 0 Å². The first-order valence-corrected chi connectivity index (χ1v) is 10.3. The van der Waals surface area contributed by atoms with Crippen LogP contribution in [-0.2, 0) is 23.7 Å². The lowest BCUT2D eigenvalue weighted by atomic mass is 9.74. The first-order valence-electron chi connectivity index (χ1n) is 10.3. The highest BCUT2D eigenvalue weighted by Crippen LogP contribution is 2.46.